The molecule has 1 saturated heterocycles. The molecule has 2 rings (SSSR count). The number of aryl methyl sites for hydroxylation is 1. The molecule has 0 bridgehead atoms. The van der Waals surface area contributed by atoms with Gasteiger partial charge in [-0.15, -0.1) is 0 Å². The van der Waals surface area contributed by atoms with E-state index in [-0.39, 0.29) is 6.03 Å². The lowest BCUT2D eigenvalue weighted by Crippen LogP contribution is -2.39. The predicted octanol–water partition coefficient (Wildman–Crippen LogP) is 3.53. The molecule has 21 heavy (non-hydrogen) atoms. The van der Waals surface area contributed by atoms with Gasteiger partial charge in [-0.05, 0) is 37.0 Å². The average Bonchev–Trinajstić information content (AvgIpc) is 3.00. The highest BCUT2D eigenvalue weighted by Gasteiger charge is 2.22. The van der Waals surface area contributed by atoms with Gasteiger partial charge in [0, 0.05) is 31.3 Å². The van der Waals surface area contributed by atoms with E-state index in [0.29, 0.717) is 5.92 Å². The molecular weight excluding hydrogens is 264 g/mol. The molecular formula is C17H26N2O2. The number of carbonyl (C=O) groups is 1. The van der Waals surface area contributed by atoms with Gasteiger partial charge in [0.15, 0.2) is 0 Å². The number of benzene rings is 1. The van der Waals surface area contributed by atoms with Crippen LogP contribution in [0, 0.1) is 5.92 Å². The van der Waals surface area contributed by atoms with Gasteiger partial charge in [-0.25, -0.2) is 4.79 Å². The number of urea groups is 1. The van der Waals surface area contributed by atoms with Gasteiger partial charge in [0.25, 0.3) is 0 Å². The lowest BCUT2D eigenvalue weighted by molar-refractivity contribution is 0.169. The third-order valence-electron chi connectivity index (χ3n) is 3.87. The van der Waals surface area contributed by atoms with E-state index in [2.05, 4.69) is 25.2 Å². The summed E-state index contributed by atoms with van der Waals surface area (Å²) in [7, 11) is 0. The third kappa shape index (κ3) is 4.74. The Morgan fingerprint density at radius 1 is 1.43 bits per heavy atom. The molecule has 4 nitrogen and oxygen atoms in total. The van der Waals surface area contributed by atoms with Crippen LogP contribution in [-0.2, 0) is 11.2 Å². The van der Waals surface area contributed by atoms with E-state index in [1.54, 1.807) is 0 Å². The number of nitrogens with zero attached hydrogens (tertiary/aromatic N) is 1. The molecule has 4 heteroatoms. The summed E-state index contributed by atoms with van der Waals surface area (Å²) in [5.41, 5.74) is 2.11. The zero-order chi connectivity index (χ0) is 15.1. The van der Waals surface area contributed by atoms with Gasteiger partial charge in [-0.1, -0.05) is 26.0 Å². The fourth-order valence-corrected chi connectivity index (χ4v) is 2.66. The molecule has 1 fully saturated rings. The van der Waals surface area contributed by atoms with Crippen LogP contribution in [0.2, 0.25) is 0 Å². The summed E-state index contributed by atoms with van der Waals surface area (Å²) < 4.78 is 5.41. The topological polar surface area (TPSA) is 41.6 Å². The molecule has 1 atom stereocenters. The largest absolute Gasteiger partial charge is 0.381 e. The zero-order valence-corrected chi connectivity index (χ0v) is 13.1. The maximum Gasteiger partial charge on any atom is 0.321 e. The molecule has 116 valence electrons. The minimum Gasteiger partial charge on any atom is -0.381 e. The lowest BCUT2D eigenvalue weighted by atomic mass is 10.1. The van der Waals surface area contributed by atoms with Crippen LogP contribution in [-0.4, -0.2) is 37.2 Å². The van der Waals surface area contributed by atoms with Crippen molar-refractivity contribution in [2.24, 2.45) is 5.92 Å². The van der Waals surface area contributed by atoms with Gasteiger partial charge in [0.2, 0.25) is 0 Å². The van der Waals surface area contributed by atoms with E-state index in [0.717, 1.165) is 51.3 Å². The zero-order valence-electron chi connectivity index (χ0n) is 13.1. The number of carbonyl (C=O) groups excluding carboxylic acids is 1. The Morgan fingerprint density at radius 2 is 2.29 bits per heavy atom. The van der Waals surface area contributed by atoms with E-state index in [1.807, 2.05) is 23.1 Å². The molecule has 0 aromatic heterocycles. The van der Waals surface area contributed by atoms with E-state index in [9.17, 15) is 4.79 Å². The van der Waals surface area contributed by atoms with Crippen molar-refractivity contribution in [1.29, 1.82) is 0 Å². The Hall–Kier alpha value is -1.55. The summed E-state index contributed by atoms with van der Waals surface area (Å²) in [6, 6.07) is 8.05. The van der Waals surface area contributed by atoms with Crippen LogP contribution in [0.3, 0.4) is 0 Å². The van der Waals surface area contributed by atoms with Crippen molar-refractivity contribution >= 4 is 11.7 Å². The second-order valence-electron chi connectivity index (χ2n) is 5.66. The highest BCUT2D eigenvalue weighted by Crippen LogP contribution is 2.16. The molecule has 2 amide bonds. The smallest absolute Gasteiger partial charge is 0.321 e. The van der Waals surface area contributed by atoms with Crippen LogP contribution in [0.25, 0.3) is 0 Å². The minimum atomic E-state index is -0.00277. The normalized spacial score (nSPS) is 17.7. The number of amides is 2. The van der Waals surface area contributed by atoms with Gasteiger partial charge in [-0.3, -0.25) is 0 Å². The number of hydrogen-bond donors (Lipinski definition) is 1. The van der Waals surface area contributed by atoms with Crippen molar-refractivity contribution < 1.29 is 9.53 Å². The SMILES string of the molecule is CCCN(C[C@H]1CCOC1)C(=O)Nc1cccc(CC)c1. The van der Waals surface area contributed by atoms with Crippen molar-refractivity contribution in [2.75, 3.05) is 31.6 Å². The van der Waals surface area contributed by atoms with Crippen LogP contribution in [0.4, 0.5) is 10.5 Å². The monoisotopic (exact) mass is 290 g/mol. The predicted molar refractivity (Wildman–Crippen MR) is 85.6 cm³/mol. The standard InChI is InChI=1S/C17H26N2O2/c1-3-9-19(12-15-8-10-21-13-15)17(20)18-16-7-5-6-14(4-2)11-16/h5-7,11,15H,3-4,8-10,12-13H2,1-2H3,(H,18,20)/t15-/m1/s1. The Kier molecular flexibility index (Phi) is 6.05. The van der Waals surface area contributed by atoms with E-state index in [1.165, 1.54) is 5.56 Å². The Bertz CT molecular complexity index is 456. The maximum absolute atomic E-state index is 12.5. The van der Waals surface area contributed by atoms with Crippen molar-refractivity contribution in [2.45, 2.75) is 33.1 Å². The number of ether oxygens (including phenoxy) is 1. The summed E-state index contributed by atoms with van der Waals surface area (Å²) in [4.78, 5) is 14.4. The Labute approximate surface area is 127 Å². The minimum absolute atomic E-state index is 0.00277. The van der Waals surface area contributed by atoms with E-state index >= 15 is 0 Å². The Morgan fingerprint density at radius 3 is 2.95 bits per heavy atom. The van der Waals surface area contributed by atoms with Crippen molar-refractivity contribution in [3.8, 4) is 0 Å². The first kappa shape index (κ1) is 15.8. The highest BCUT2D eigenvalue weighted by atomic mass is 16.5. The summed E-state index contributed by atoms with van der Waals surface area (Å²) >= 11 is 0. The molecule has 1 N–H and O–H groups in total. The van der Waals surface area contributed by atoms with Crippen LogP contribution >= 0.6 is 0 Å². The van der Waals surface area contributed by atoms with Gasteiger partial charge < -0.3 is 15.0 Å². The van der Waals surface area contributed by atoms with E-state index in [4.69, 9.17) is 4.74 Å². The van der Waals surface area contributed by atoms with Crippen LogP contribution in [0.5, 0.6) is 0 Å². The molecule has 1 aliphatic heterocycles. The third-order valence-corrected chi connectivity index (χ3v) is 3.87. The van der Waals surface area contributed by atoms with Gasteiger partial charge in [-0.2, -0.15) is 0 Å². The summed E-state index contributed by atoms with van der Waals surface area (Å²) in [6.07, 6.45) is 3.00. The fourth-order valence-electron chi connectivity index (χ4n) is 2.66. The highest BCUT2D eigenvalue weighted by molar-refractivity contribution is 5.89. The molecule has 0 unspecified atom stereocenters. The average molecular weight is 290 g/mol. The van der Waals surface area contributed by atoms with Crippen LogP contribution in [0.15, 0.2) is 24.3 Å². The second kappa shape index (κ2) is 8.03. The van der Waals surface area contributed by atoms with Crippen LogP contribution < -0.4 is 5.32 Å². The number of nitrogens with one attached hydrogen (secondary N) is 1. The first-order valence-corrected chi connectivity index (χ1v) is 7.95. The maximum atomic E-state index is 12.5. The first-order chi connectivity index (χ1) is 10.2. The molecule has 0 aliphatic carbocycles. The molecule has 1 aromatic rings. The van der Waals surface area contributed by atoms with E-state index < -0.39 is 0 Å². The quantitative estimate of drug-likeness (QED) is 0.871. The second-order valence-corrected chi connectivity index (χ2v) is 5.66. The number of hydrogen-bond acceptors (Lipinski definition) is 2. The van der Waals surface area contributed by atoms with Crippen LogP contribution in [0.1, 0.15) is 32.3 Å². The number of anilines is 1. The molecule has 1 heterocycles. The molecule has 0 radical (unpaired) electrons. The molecule has 0 saturated carbocycles. The van der Waals surface area contributed by atoms with Crippen molar-refractivity contribution in [1.82, 2.24) is 4.90 Å². The fraction of sp³-hybridized carbons (Fsp3) is 0.588. The van der Waals surface area contributed by atoms with Crippen molar-refractivity contribution in [3.63, 3.8) is 0 Å². The number of rotatable bonds is 6. The summed E-state index contributed by atoms with van der Waals surface area (Å²) in [6.45, 7) is 7.39. The molecule has 1 aliphatic rings. The van der Waals surface area contributed by atoms with Crippen molar-refractivity contribution in [3.05, 3.63) is 29.8 Å². The first-order valence-electron chi connectivity index (χ1n) is 7.95. The summed E-state index contributed by atoms with van der Waals surface area (Å²) in [5.74, 6) is 0.476. The summed E-state index contributed by atoms with van der Waals surface area (Å²) in [5, 5.41) is 3.02. The van der Waals surface area contributed by atoms with Gasteiger partial charge in [0.1, 0.15) is 0 Å². The van der Waals surface area contributed by atoms with Gasteiger partial charge in [0.05, 0.1) is 6.61 Å². The van der Waals surface area contributed by atoms with Gasteiger partial charge >= 0.3 is 6.03 Å². The molecule has 1 aromatic carbocycles. The lowest BCUT2D eigenvalue weighted by Gasteiger charge is -2.25. The molecule has 0 spiro atoms. The Balaban J connectivity index is 1.96.